The number of benzene rings is 2. The first kappa shape index (κ1) is 50.1. The molecule has 20 heteroatoms. The average molecular weight is 974 g/mol. The lowest BCUT2D eigenvalue weighted by Crippen LogP contribution is -2.67. The second kappa shape index (κ2) is 21.2. The van der Waals surface area contributed by atoms with Crippen molar-refractivity contribution in [1.82, 2.24) is 4.90 Å². The minimum atomic E-state index is -6.76. The zero-order valence-corrected chi connectivity index (χ0v) is 37.7. The Morgan fingerprint density at radius 3 is 2.15 bits per heavy atom. The summed E-state index contributed by atoms with van der Waals surface area (Å²) in [6.07, 6.45) is -13.1. The van der Waals surface area contributed by atoms with Crippen LogP contribution in [0.5, 0.6) is 17.2 Å². The summed E-state index contributed by atoms with van der Waals surface area (Å²) in [5.41, 5.74) is -4.10. The standard InChI is InChI=1S/C45H56F9NO8S2/c1-41-18-16-35-34-13-11-33(27-29(34)6-12-36(35)37(41)14-15-38(41)59-21-4-22-62-42(43(46,47)48,44(49,50)51)45(52,53)54)58-25-24-57-31-7-9-32(10-8-31)63-40(56)55(30-17-26-64-65-28-30)19-23-61-39-5-2-3-20-60-39/h7-11,13,27,30,35-39H,2-6,12,14-26,28H2,1H3/t30?,35-,36-,37+,38+,39?,41+/m1/s1. The van der Waals surface area contributed by atoms with Gasteiger partial charge < -0.3 is 38.1 Å². The molecule has 2 aromatic carbocycles. The monoisotopic (exact) mass is 973 g/mol. The van der Waals surface area contributed by atoms with E-state index in [9.17, 15) is 44.3 Å². The highest BCUT2D eigenvalue weighted by Crippen LogP contribution is 2.62. The molecule has 2 saturated carbocycles. The second-order valence-corrected chi connectivity index (χ2v) is 20.2. The van der Waals surface area contributed by atoms with Crippen molar-refractivity contribution in [3.05, 3.63) is 53.6 Å². The lowest BCUT2D eigenvalue weighted by Gasteiger charge is -2.50. The summed E-state index contributed by atoms with van der Waals surface area (Å²) in [6, 6.07) is 13.1. The third-order valence-corrected chi connectivity index (χ3v) is 16.2. The van der Waals surface area contributed by atoms with Gasteiger partial charge in [0.1, 0.15) is 30.5 Å². The lowest BCUT2D eigenvalue weighted by molar-refractivity contribution is -0.457. The van der Waals surface area contributed by atoms with Crippen molar-refractivity contribution in [2.45, 2.75) is 126 Å². The highest BCUT2D eigenvalue weighted by Gasteiger charge is 2.85. The van der Waals surface area contributed by atoms with E-state index in [4.69, 9.17) is 28.4 Å². The molecule has 2 saturated heterocycles. The molecular weight excluding hydrogens is 918 g/mol. The van der Waals surface area contributed by atoms with Crippen LogP contribution >= 0.6 is 21.6 Å². The largest absolute Gasteiger partial charge is 0.490 e. The fourth-order valence-corrected chi connectivity index (χ4v) is 12.9. The molecule has 0 spiro atoms. The SMILES string of the molecule is C[C@]12CC[C@@H]3c4ccc(OCCOc5ccc(OC(=O)N(CCOC6CCCCO6)C6CCSSC6)cc5)cc4CC[C@H]3[C@@H]1CC[C@@H]2OCCCOC(C(F)(F)F)(C(F)(F)F)C(F)(F)F. The predicted octanol–water partition coefficient (Wildman–Crippen LogP) is 11.7. The molecule has 364 valence electrons. The summed E-state index contributed by atoms with van der Waals surface area (Å²) in [5.74, 6) is 4.41. The zero-order chi connectivity index (χ0) is 46.5. The molecule has 0 aromatic heterocycles. The van der Waals surface area contributed by atoms with Crippen LogP contribution in [-0.2, 0) is 25.4 Å². The van der Waals surface area contributed by atoms with Gasteiger partial charge in [0.2, 0.25) is 0 Å². The van der Waals surface area contributed by atoms with Crippen LogP contribution in [0.2, 0.25) is 0 Å². The number of rotatable bonds is 17. The maximum Gasteiger partial charge on any atom is 0.435 e. The summed E-state index contributed by atoms with van der Waals surface area (Å²) in [5, 5.41) is 0. The van der Waals surface area contributed by atoms with Crippen LogP contribution in [-0.4, -0.2) is 111 Å². The summed E-state index contributed by atoms with van der Waals surface area (Å²) in [6.45, 7) is 2.37. The molecule has 3 aliphatic carbocycles. The highest BCUT2D eigenvalue weighted by molar-refractivity contribution is 8.76. The van der Waals surface area contributed by atoms with Crippen LogP contribution in [0.4, 0.5) is 44.3 Å². The molecule has 5 aliphatic rings. The quantitative estimate of drug-likeness (QED) is 0.0868. The molecule has 65 heavy (non-hydrogen) atoms. The van der Waals surface area contributed by atoms with Crippen LogP contribution < -0.4 is 14.2 Å². The van der Waals surface area contributed by atoms with Gasteiger partial charge >= 0.3 is 30.2 Å². The summed E-state index contributed by atoms with van der Waals surface area (Å²) >= 11 is 0. The molecule has 0 N–H and O–H groups in total. The second-order valence-electron chi connectivity index (χ2n) is 17.6. The Morgan fingerprint density at radius 2 is 1.48 bits per heavy atom. The minimum absolute atomic E-state index is 0.0550. The van der Waals surface area contributed by atoms with Crippen LogP contribution in [0.3, 0.4) is 0 Å². The van der Waals surface area contributed by atoms with E-state index in [0.717, 1.165) is 75.0 Å². The van der Waals surface area contributed by atoms with E-state index in [1.54, 1.807) is 50.8 Å². The average Bonchev–Trinajstić information content (AvgIpc) is 3.60. The minimum Gasteiger partial charge on any atom is -0.490 e. The fraction of sp³-hybridized carbons (Fsp3) is 0.711. The molecule has 2 aliphatic heterocycles. The van der Waals surface area contributed by atoms with Gasteiger partial charge in [0, 0.05) is 37.3 Å². The molecule has 2 unspecified atom stereocenters. The van der Waals surface area contributed by atoms with Crippen molar-refractivity contribution < 1.29 is 77.5 Å². The first-order chi connectivity index (χ1) is 30.9. The molecule has 4 fully saturated rings. The first-order valence-corrected chi connectivity index (χ1v) is 24.8. The van der Waals surface area contributed by atoms with Gasteiger partial charge in [0.15, 0.2) is 6.29 Å². The number of aryl methyl sites for hydroxylation is 1. The molecular formula is C45H56F9NO8S2. The molecule has 1 amide bonds. The predicted molar refractivity (Wildman–Crippen MR) is 225 cm³/mol. The van der Waals surface area contributed by atoms with Crippen LogP contribution in [0.25, 0.3) is 0 Å². The summed E-state index contributed by atoms with van der Waals surface area (Å²) in [4.78, 5) is 15.1. The van der Waals surface area contributed by atoms with Gasteiger partial charge in [-0.05, 0) is 141 Å². The van der Waals surface area contributed by atoms with Crippen molar-refractivity contribution in [2.24, 2.45) is 17.3 Å². The molecule has 0 bridgehead atoms. The third-order valence-electron chi connectivity index (χ3n) is 13.7. The van der Waals surface area contributed by atoms with Crippen molar-refractivity contribution in [2.75, 3.05) is 57.7 Å². The van der Waals surface area contributed by atoms with Gasteiger partial charge in [-0.3, -0.25) is 0 Å². The van der Waals surface area contributed by atoms with Crippen molar-refractivity contribution >= 4 is 27.7 Å². The van der Waals surface area contributed by atoms with Crippen molar-refractivity contribution in [3.63, 3.8) is 0 Å². The Balaban J connectivity index is 0.843. The van der Waals surface area contributed by atoms with Gasteiger partial charge in [-0.2, -0.15) is 39.5 Å². The smallest absolute Gasteiger partial charge is 0.435 e. The Hall–Kier alpha value is -2.78. The van der Waals surface area contributed by atoms with E-state index >= 15 is 0 Å². The number of carbonyl (C=O) groups excluding carboxylic acids is 1. The van der Waals surface area contributed by atoms with Crippen molar-refractivity contribution in [3.8, 4) is 17.2 Å². The Bertz CT molecular complexity index is 1820. The first-order valence-electron chi connectivity index (χ1n) is 22.3. The fourth-order valence-electron chi connectivity index (χ4n) is 10.4. The van der Waals surface area contributed by atoms with E-state index in [2.05, 4.69) is 23.8 Å². The number of carbonyl (C=O) groups is 1. The number of fused-ring (bicyclic) bond motifs is 5. The van der Waals surface area contributed by atoms with E-state index in [-0.39, 0.29) is 43.0 Å². The Labute approximate surface area is 380 Å². The Morgan fingerprint density at radius 1 is 0.769 bits per heavy atom. The van der Waals surface area contributed by atoms with Gasteiger partial charge in [0.05, 0.1) is 19.3 Å². The van der Waals surface area contributed by atoms with Crippen molar-refractivity contribution in [1.29, 1.82) is 0 Å². The topological polar surface area (TPSA) is 84.9 Å². The van der Waals surface area contributed by atoms with Gasteiger partial charge in [-0.15, -0.1) is 0 Å². The number of ether oxygens (including phenoxy) is 7. The summed E-state index contributed by atoms with van der Waals surface area (Å²) < 4.78 is 158. The third kappa shape index (κ3) is 11.4. The number of hydrogen-bond donors (Lipinski definition) is 0. The molecule has 0 radical (unpaired) electrons. The molecule has 2 heterocycles. The molecule has 7 atom stereocenters. The van der Waals surface area contributed by atoms with E-state index in [1.165, 1.54) is 11.1 Å². The number of hydrogen-bond acceptors (Lipinski definition) is 10. The van der Waals surface area contributed by atoms with Gasteiger partial charge in [0.25, 0.3) is 0 Å². The van der Waals surface area contributed by atoms with Gasteiger partial charge in [-0.25, -0.2) is 4.79 Å². The van der Waals surface area contributed by atoms with Crippen LogP contribution in [0.1, 0.15) is 88.2 Å². The van der Waals surface area contributed by atoms with E-state index in [1.807, 2.05) is 6.07 Å². The zero-order valence-electron chi connectivity index (χ0n) is 36.1. The van der Waals surface area contributed by atoms with Crippen LogP contribution in [0, 0.1) is 17.3 Å². The normalized spacial score (nSPS) is 27.3. The highest BCUT2D eigenvalue weighted by atomic mass is 33.1. The maximum absolute atomic E-state index is 13.4. The maximum atomic E-state index is 13.4. The molecule has 2 aromatic rings. The van der Waals surface area contributed by atoms with E-state index in [0.29, 0.717) is 56.1 Å². The van der Waals surface area contributed by atoms with E-state index < -0.39 is 43.3 Å². The molecule has 7 rings (SSSR count). The number of halogens is 9. The molecule has 9 nitrogen and oxygen atoms in total. The number of nitrogens with zero attached hydrogens (tertiary/aromatic N) is 1. The van der Waals surface area contributed by atoms with Gasteiger partial charge in [-0.1, -0.05) is 34.6 Å². The number of amides is 1. The number of alkyl halides is 9. The van der Waals surface area contributed by atoms with Crippen LogP contribution in [0.15, 0.2) is 42.5 Å². The lowest BCUT2D eigenvalue weighted by atomic mass is 9.55. The summed E-state index contributed by atoms with van der Waals surface area (Å²) in [7, 11) is 3.56. The Kier molecular flexibility index (Phi) is 16.4.